The zero-order chi connectivity index (χ0) is 13.1. The Hall–Kier alpha value is -1.95. The number of thiazole rings is 1. The Kier molecular flexibility index (Phi) is 3.41. The van der Waals surface area contributed by atoms with Crippen LogP contribution >= 0.6 is 11.3 Å². The van der Waals surface area contributed by atoms with Crippen LogP contribution in [0.3, 0.4) is 0 Å². The van der Waals surface area contributed by atoms with Crippen molar-refractivity contribution in [1.29, 1.82) is 0 Å². The molecule has 0 saturated carbocycles. The minimum atomic E-state index is -0.0748. The Morgan fingerprint density at radius 2 is 2.21 bits per heavy atom. The van der Waals surface area contributed by atoms with E-state index in [-0.39, 0.29) is 12.1 Å². The topological polar surface area (TPSA) is 58.1 Å². The minimum Gasteiger partial charge on any atom is -0.317 e. The van der Waals surface area contributed by atoms with Gasteiger partial charge in [0, 0.05) is 30.5 Å². The van der Waals surface area contributed by atoms with Gasteiger partial charge in [-0.1, -0.05) is 0 Å². The molecule has 1 saturated heterocycles. The minimum absolute atomic E-state index is 0.0748. The molecule has 0 bridgehead atoms. The quantitative estimate of drug-likeness (QED) is 0.916. The van der Waals surface area contributed by atoms with Gasteiger partial charge in [-0.05, 0) is 30.5 Å². The number of nitrogens with zero attached hydrogens (tertiary/aromatic N) is 3. The van der Waals surface area contributed by atoms with E-state index in [9.17, 15) is 4.79 Å². The first-order valence-electron chi connectivity index (χ1n) is 6.21. The van der Waals surface area contributed by atoms with E-state index in [1.165, 1.54) is 11.3 Å². The Bertz CT molecular complexity index is 543. The molecule has 98 valence electrons. The lowest BCUT2D eigenvalue weighted by Crippen LogP contribution is -2.34. The average Bonchev–Trinajstić information content (AvgIpc) is 3.10. The Morgan fingerprint density at radius 3 is 2.95 bits per heavy atom. The Labute approximate surface area is 115 Å². The molecule has 2 amide bonds. The lowest BCUT2D eigenvalue weighted by Gasteiger charge is -2.24. The molecule has 2 aromatic rings. The van der Waals surface area contributed by atoms with Gasteiger partial charge in [-0.3, -0.25) is 10.3 Å². The molecule has 6 heteroatoms. The summed E-state index contributed by atoms with van der Waals surface area (Å²) >= 11 is 1.43. The fraction of sp³-hybridized carbons (Fsp3) is 0.308. The summed E-state index contributed by atoms with van der Waals surface area (Å²) in [6, 6.07) is 4.01. The number of amides is 2. The predicted molar refractivity (Wildman–Crippen MR) is 74.1 cm³/mol. The summed E-state index contributed by atoms with van der Waals surface area (Å²) in [6.45, 7) is 0.782. The van der Waals surface area contributed by atoms with E-state index in [1.54, 1.807) is 18.6 Å². The summed E-state index contributed by atoms with van der Waals surface area (Å²) in [4.78, 5) is 22.2. The van der Waals surface area contributed by atoms with Crippen LogP contribution in [0.4, 0.5) is 9.93 Å². The first kappa shape index (κ1) is 12.1. The summed E-state index contributed by atoms with van der Waals surface area (Å²) < 4.78 is 0. The largest absolute Gasteiger partial charge is 0.324 e. The standard InChI is InChI=1S/C13H14N4OS/c18-13(16-12-15-7-9-19-12)17-8-1-2-11(17)10-3-5-14-6-4-10/h3-7,9,11H,1-2,8H2,(H,15,16,18). The van der Waals surface area contributed by atoms with Gasteiger partial charge in [0.05, 0.1) is 6.04 Å². The molecular weight excluding hydrogens is 260 g/mol. The molecule has 1 fully saturated rings. The van der Waals surface area contributed by atoms with Gasteiger partial charge in [0.2, 0.25) is 0 Å². The molecule has 2 aromatic heterocycles. The number of nitrogens with one attached hydrogen (secondary N) is 1. The molecule has 3 heterocycles. The average molecular weight is 274 g/mol. The van der Waals surface area contributed by atoms with Crippen molar-refractivity contribution >= 4 is 22.5 Å². The molecule has 1 N–H and O–H groups in total. The van der Waals surface area contributed by atoms with E-state index in [0.29, 0.717) is 5.13 Å². The van der Waals surface area contributed by atoms with Crippen molar-refractivity contribution in [3.05, 3.63) is 41.7 Å². The van der Waals surface area contributed by atoms with Gasteiger partial charge < -0.3 is 4.90 Å². The fourth-order valence-corrected chi connectivity index (χ4v) is 2.91. The van der Waals surface area contributed by atoms with E-state index < -0.39 is 0 Å². The van der Waals surface area contributed by atoms with Gasteiger partial charge in [0.25, 0.3) is 0 Å². The third-order valence-corrected chi connectivity index (χ3v) is 3.94. The van der Waals surface area contributed by atoms with Crippen molar-refractivity contribution in [3.8, 4) is 0 Å². The Balaban J connectivity index is 1.74. The lowest BCUT2D eigenvalue weighted by atomic mass is 10.1. The number of urea groups is 1. The van der Waals surface area contributed by atoms with Gasteiger partial charge in [-0.2, -0.15) is 0 Å². The normalized spacial score (nSPS) is 18.5. The van der Waals surface area contributed by atoms with Crippen molar-refractivity contribution in [3.63, 3.8) is 0 Å². The summed E-state index contributed by atoms with van der Waals surface area (Å²) in [5.74, 6) is 0. The van der Waals surface area contributed by atoms with Crippen LogP contribution in [-0.4, -0.2) is 27.4 Å². The van der Waals surface area contributed by atoms with E-state index in [4.69, 9.17) is 0 Å². The highest BCUT2D eigenvalue weighted by molar-refractivity contribution is 7.13. The van der Waals surface area contributed by atoms with Crippen molar-refractivity contribution in [1.82, 2.24) is 14.9 Å². The molecule has 0 radical (unpaired) electrons. The van der Waals surface area contributed by atoms with Crippen LogP contribution in [0.25, 0.3) is 0 Å². The monoisotopic (exact) mass is 274 g/mol. The van der Waals surface area contributed by atoms with E-state index >= 15 is 0 Å². The molecular formula is C13H14N4OS. The maximum Gasteiger partial charge on any atom is 0.324 e. The molecule has 0 spiro atoms. The van der Waals surface area contributed by atoms with Crippen LogP contribution in [0, 0.1) is 0 Å². The number of likely N-dealkylation sites (tertiary alicyclic amines) is 1. The van der Waals surface area contributed by atoms with Crippen LogP contribution in [-0.2, 0) is 0 Å². The number of pyridine rings is 1. The molecule has 1 aliphatic heterocycles. The smallest absolute Gasteiger partial charge is 0.317 e. The highest BCUT2D eigenvalue weighted by Gasteiger charge is 2.30. The van der Waals surface area contributed by atoms with Crippen molar-refractivity contribution in [2.75, 3.05) is 11.9 Å². The number of carbonyl (C=O) groups is 1. The number of hydrogen-bond donors (Lipinski definition) is 1. The second-order valence-corrected chi connectivity index (χ2v) is 5.29. The maximum atomic E-state index is 12.3. The highest BCUT2D eigenvalue weighted by Crippen LogP contribution is 2.32. The third-order valence-electron chi connectivity index (χ3n) is 3.25. The molecule has 5 nitrogen and oxygen atoms in total. The highest BCUT2D eigenvalue weighted by atomic mass is 32.1. The van der Waals surface area contributed by atoms with Crippen LogP contribution in [0.1, 0.15) is 24.4 Å². The number of anilines is 1. The van der Waals surface area contributed by atoms with Gasteiger partial charge in [0.15, 0.2) is 5.13 Å². The van der Waals surface area contributed by atoms with Crippen molar-refractivity contribution in [2.45, 2.75) is 18.9 Å². The molecule has 19 heavy (non-hydrogen) atoms. The predicted octanol–water partition coefficient (Wildman–Crippen LogP) is 2.91. The van der Waals surface area contributed by atoms with Gasteiger partial charge >= 0.3 is 6.03 Å². The first-order valence-corrected chi connectivity index (χ1v) is 7.09. The lowest BCUT2D eigenvalue weighted by molar-refractivity contribution is 0.207. The van der Waals surface area contributed by atoms with Crippen LogP contribution in [0.15, 0.2) is 36.1 Å². The van der Waals surface area contributed by atoms with E-state index in [2.05, 4.69) is 15.3 Å². The molecule has 1 atom stereocenters. The summed E-state index contributed by atoms with van der Waals surface area (Å²) in [5, 5.41) is 5.33. The summed E-state index contributed by atoms with van der Waals surface area (Å²) in [6.07, 6.45) is 7.24. The Morgan fingerprint density at radius 1 is 1.37 bits per heavy atom. The second kappa shape index (κ2) is 5.36. The fourth-order valence-electron chi connectivity index (χ4n) is 2.39. The van der Waals surface area contributed by atoms with E-state index in [0.717, 1.165) is 24.9 Å². The van der Waals surface area contributed by atoms with Gasteiger partial charge in [0.1, 0.15) is 0 Å². The second-order valence-electron chi connectivity index (χ2n) is 4.40. The summed E-state index contributed by atoms with van der Waals surface area (Å²) in [7, 11) is 0. The van der Waals surface area contributed by atoms with Crippen molar-refractivity contribution in [2.24, 2.45) is 0 Å². The number of rotatable bonds is 2. The summed E-state index contributed by atoms with van der Waals surface area (Å²) in [5.41, 5.74) is 1.14. The zero-order valence-corrected chi connectivity index (χ0v) is 11.1. The zero-order valence-electron chi connectivity index (χ0n) is 10.3. The number of hydrogen-bond acceptors (Lipinski definition) is 4. The SMILES string of the molecule is O=C(Nc1nccs1)N1CCCC1c1ccncc1. The van der Waals surface area contributed by atoms with Crippen molar-refractivity contribution < 1.29 is 4.79 Å². The molecule has 1 unspecified atom stereocenters. The van der Waals surface area contributed by atoms with Crippen LogP contribution in [0.5, 0.6) is 0 Å². The first-order chi connectivity index (χ1) is 9.34. The third kappa shape index (κ3) is 2.58. The number of carbonyl (C=O) groups excluding carboxylic acids is 1. The maximum absolute atomic E-state index is 12.3. The molecule has 3 rings (SSSR count). The molecule has 0 aromatic carbocycles. The van der Waals surface area contributed by atoms with Crippen LogP contribution in [0.2, 0.25) is 0 Å². The molecule has 1 aliphatic rings. The number of aromatic nitrogens is 2. The van der Waals surface area contributed by atoms with Gasteiger partial charge in [-0.15, -0.1) is 11.3 Å². The van der Waals surface area contributed by atoms with E-state index in [1.807, 2.05) is 22.4 Å². The van der Waals surface area contributed by atoms with Gasteiger partial charge in [-0.25, -0.2) is 9.78 Å². The molecule has 0 aliphatic carbocycles. The van der Waals surface area contributed by atoms with Crippen LogP contribution < -0.4 is 5.32 Å².